The van der Waals surface area contributed by atoms with E-state index in [0.29, 0.717) is 23.4 Å². The summed E-state index contributed by atoms with van der Waals surface area (Å²) in [6.45, 7) is 0.973. The Morgan fingerprint density at radius 3 is 2.67 bits per heavy atom. The zero-order chi connectivity index (χ0) is 16.5. The van der Waals surface area contributed by atoms with Crippen LogP contribution in [0.2, 0.25) is 0 Å². The Hall–Kier alpha value is -2.13. The van der Waals surface area contributed by atoms with Gasteiger partial charge in [-0.2, -0.15) is 0 Å². The van der Waals surface area contributed by atoms with Crippen LogP contribution in [0.3, 0.4) is 0 Å². The Kier molecular flexibility index (Phi) is 4.11. The van der Waals surface area contributed by atoms with E-state index in [1.807, 2.05) is 12.1 Å². The van der Waals surface area contributed by atoms with Gasteiger partial charge >= 0.3 is 0 Å². The summed E-state index contributed by atoms with van der Waals surface area (Å²) < 4.78 is 19.7. The lowest BCUT2D eigenvalue weighted by Gasteiger charge is -2.34. The summed E-state index contributed by atoms with van der Waals surface area (Å²) in [4.78, 5) is 2.57. The molecule has 124 valence electrons. The van der Waals surface area contributed by atoms with Crippen LogP contribution in [-0.4, -0.2) is 24.1 Å². The van der Waals surface area contributed by atoms with Gasteiger partial charge in [0.1, 0.15) is 0 Å². The predicted octanol–water partition coefficient (Wildman–Crippen LogP) is 4.65. The minimum absolute atomic E-state index is 0.234. The van der Waals surface area contributed by atoms with Crippen molar-refractivity contribution in [3.8, 4) is 5.75 Å². The molecular formula is C21H22FNO. The summed E-state index contributed by atoms with van der Waals surface area (Å²) in [5.41, 5.74) is 3.17. The molecule has 0 spiro atoms. The van der Waals surface area contributed by atoms with Crippen molar-refractivity contribution in [1.29, 1.82) is 0 Å². The number of halogens is 1. The van der Waals surface area contributed by atoms with Crippen LogP contribution in [-0.2, 0) is 6.54 Å². The van der Waals surface area contributed by atoms with Gasteiger partial charge < -0.3 is 4.74 Å². The molecule has 2 bridgehead atoms. The fourth-order valence-corrected chi connectivity index (χ4v) is 4.07. The highest BCUT2D eigenvalue weighted by atomic mass is 19.1. The van der Waals surface area contributed by atoms with E-state index < -0.39 is 0 Å². The summed E-state index contributed by atoms with van der Waals surface area (Å²) in [6, 6.07) is 16.9. The van der Waals surface area contributed by atoms with Gasteiger partial charge in [-0.3, -0.25) is 4.90 Å². The lowest BCUT2D eigenvalue weighted by atomic mass is 9.93. The molecule has 2 unspecified atom stereocenters. The van der Waals surface area contributed by atoms with E-state index in [2.05, 4.69) is 41.3 Å². The summed E-state index contributed by atoms with van der Waals surface area (Å²) in [5.74, 6) is 0.0922. The zero-order valence-electron chi connectivity index (χ0n) is 13.9. The molecule has 0 N–H and O–H groups in total. The molecule has 0 aromatic heterocycles. The molecule has 2 aliphatic rings. The molecule has 24 heavy (non-hydrogen) atoms. The van der Waals surface area contributed by atoms with Gasteiger partial charge in [0.2, 0.25) is 0 Å². The van der Waals surface area contributed by atoms with Crippen LogP contribution < -0.4 is 4.74 Å². The molecule has 0 aliphatic carbocycles. The number of nitrogens with zero attached hydrogens (tertiary/aromatic N) is 1. The highest BCUT2D eigenvalue weighted by molar-refractivity contribution is 5.69. The minimum Gasteiger partial charge on any atom is -0.494 e. The van der Waals surface area contributed by atoms with Crippen molar-refractivity contribution in [3.05, 3.63) is 71.6 Å². The Labute approximate surface area is 142 Å². The Bertz CT molecular complexity index is 756. The van der Waals surface area contributed by atoms with E-state index in [-0.39, 0.29) is 5.82 Å². The molecule has 2 heterocycles. The highest BCUT2D eigenvalue weighted by Gasteiger charge is 2.37. The highest BCUT2D eigenvalue weighted by Crippen LogP contribution is 2.40. The number of methoxy groups -OCH3 is 1. The molecule has 2 atom stereocenters. The number of rotatable bonds is 4. The maximum absolute atomic E-state index is 14.6. The number of ether oxygens (including phenoxy) is 1. The molecule has 1 fully saturated rings. The fraction of sp³-hybridized carbons (Fsp3) is 0.333. The van der Waals surface area contributed by atoms with Crippen LogP contribution in [0.1, 0.15) is 30.4 Å². The minimum atomic E-state index is -0.234. The van der Waals surface area contributed by atoms with Crippen molar-refractivity contribution in [3.63, 3.8) is 0 Å². The van der Waals surface area contributed by atoms with Crippen molar-refractivity contribution in [1.82, 2.24) is 4.90 Å². The van der Waals surface area contributed by atoms with Gasteiger partial charge in [-0.1, -0.05) is 48.5 Å². The summed E-state index contributed by atoms with van der Waals surface area (Å²) >= 11 is 0. The van der Waals surface area contributed by atoms with Crippen molar-refractivity contribution in [2.24, 2.45) is 0 Å². The van der Waals surface area contributed by atoms with Gasteiger partial charge in [0, 0.05) is 24.2 Å². The van der Waals surface area contributed by atoms with E-state index in [4.69, 9.17) is 4.74 Å². The van der Waals surface area contributed by atoms with Gasteiger partial charge in [0.15, 0.2) is 11.6 Å². The standard InChI is InChI=1S/C21H22FNO/c1-24-20-9-5-8-19(21(20)22)16-12-17-10-11-18(13-16)23(17)14-15-6-3-2-4-7-15/h2-9,12,17-18H,10-11,13-14H2,1H3. The molecule has 4 rings (SSSR count). The second-order valence-electron chi connectivity index (χ2n) is 6.67. The molecular weight excluding hydrogens is 301 g/mol. The van der Waals surface area contributed by atoms with E-state index >= 15 is 0 Å². The molecule has 2 aromatic carbocycles. The van der Waals surface area contributed by atoms with Crippen LogP contribution in [0.4, 0.5) is 4.39 Å². The second-order valence-corrected chi connectivity index (χ2v) is 6.67. The molecule has 1 saturated heterocycles. The maximum atomic E-state index is 14.6. The molecule has 2 aliphatic heterocycles. The molecule has 3 heteroatoms. The van der Waals surface area contributed by atoms with E-state index in [0.717, 1.165) is 25.0 Å². The third-order valence-electron chi connectivity index (χ3n) is 5.28. The van der Waals surface area contributed by atoms with Crippen LogP contribution in [0.5, 0.6) is 5.75 Å². The monoisotopic (exact) mass is 323 g/mol. The molecule has 0 amide bonds. The van der Waals surface area contributed by atoms with Crippen molar-refractivity contribution in [2.45, 2.75) is 37.9 Å². The average Bonchev–Trinajstić information content (AvgIpc) is 2.84. The largest absolute Gasteiger partial charge is 0.494 e. The predicted molar refractivity (Wildman–Crippen MR) is 94.3 cm³/mol. The first-order valence-electron chi connectivity index (χ1n) is 8.59. The summed E-state index contributed by atoms with van der Waals surface area (Å²) in [6.07, 6.45) is 5.52. The Morgan fingerprint density at radius 1 is 1.08 bits per heavy atom. The first-order chi connectivity index (χ1) is 11.8. The quantitative estimate of drug-likeness (QED) is 0.812. The molecule has 2 aromatic rings. The molecule has 0 saturated carbocycles. The average molecular weight is 323 g/mol. The smallest absolute Gasteiger partial charge is 0.172 e. The van der Waals surface area contributed by atoms with Crippen LogP contribution in [0.25, 0.3) is 5.57 Å². The topological polar surface area (TPSA) is 12.5 Å². The first-order valence-corrected chi connectivity index (χ1v) is 8.59. The van der Waals surface area contributed by atoms with Crippen molar-refractivity contribution < 1.29 is 9.13 Å². The fourth-order valence-electron chi connectivity index (χ4n) is 4.07. The lowest BCUT2D eigenvalue weighted by Crippen LogP contribution is -2.37. The summed E-state index contributed by atoms with van der Waals surface area (Å²) in [5, 5.41) is 0. The number of fused-ring (bicyclic) bond motifs is 2. The zero-order valence-corrected chi connectivity index (χ0v) is 13.9. The first kappa shape index (κ1) is 15.4. The van der Waals surface area contributed by atoms with Crippen LogP contribution in [0.15, 0.2) is 54.6 Å². The normalized spacial score (nSPS) is 23.2. The SMILES string of the molecule is COc1cccc(C2=CC3CCC(C2)N3Cc2ccccc2)c1F. The number of benzene rings is 2. The summed E-state index contributed by atoms with van der Waals surface area (Å²) in [7, 11) is 1.52. The van der Waals surface area contributed by atoms with Gasteiger partial charge in [0.25, 0.3) is 0 Å². The maximum Gasteiger partial charge on any atom is 0.172 e. The van der Waals surface area contributed by atoms with Crippen LogP contribution >= 0.6 is 0 Å². The van der Waals surface area contributed by atoms with Gasteiger partial charge in [0.05, 0.1) is 7.11 Å². The third kappa shape index (κ3) is 2.73. The van der Waals surface area contributed by atoms with Crippen LogP contribution in [0, 0.1) is 5.82 Å². The second kappa shape index (κ2) is 6.40. The number of hydrogen-bond acceptors (Lipinski definition) is 2. The van der Waals surface area contributed by atoms with E-state index in [1.165, 1.54) is 19.1 Å². The number of hydrogen-bond donors (Lipinski definition) is 0. The molecule has 2 nitrogen and oxygen atoms in total. The van der Waals surface area contributed by atoms with Gasteiger partial charge in [-0.15, -0.1) is 0 Å². The van der Waals surface area contributed by atoms with Crippen molar-refractivity contribution >= 4 is 5.57 Å². The molecule has 0 radical (unpaired) electrons. The van der Waals surface area contributed by atoms with E-state index in [9.17, 15) is 4.39 Å². The van der Waals surface area contributed by atoms with Gasteiger partial charge in [-0.25, -0.2) is 4.39 Å². The third-order valence-corrected chi connectivity index (χ3v) is 5.28. The van der Waals surface area contributed by atoms with Crippen molar-refractivity contribution in [2.75, 3.05) is 7.11 Å². The van der Waals surface area contributed by atoms with Gasteiger partial charge in [-0.05, 0) is 36.5 Å². The Morgan fingerprint density at radius 2 is 1.92 bits per heavy atom. The Balaban J connectivity index is 1.60. The lowest BCUT2D eigenvalue weighted by molar-refractivity contribution is 0.203. The van der Waals surface area contributed by atoms with E-state index in [1.54, 1.807) is 6.07 Å².